The Labute approximate surface area is 139 Å². The van der Waals surface area contributed by atoms with Crippen LogP contribution in [0.25, 0.3) is 17.2 Å². The number of carbonyl (C=O) groups is 1. The summed E-state index contributed by atoms with van der Waals surface area (Å²) in [7, 11) is 0. The van der Waals surface area contributed by atoms with Crippen LogP contribution in [-0.2, 0) is 0 Å². The topological polar surface area (TPSA) is 70.4 Å². The number of benzene rings is 2. The van der Waals surface area contributed by atoms with E-state index in [4.69, 9.17) is 0 Å². The number of phenols is 2. The maximum Gasteiger partial charge on any atom is 0.186 e. The van der Waals surface area contributed by atoms with E-state index < -0.39 is 0 Å². The Balaban J connectivity index is 1.91. The van der Waals surface area contributed by atoms with Crippen molar-refractivity contribution in [1.82, 2.24) is 4.98 Å². The van der Waals surface area contributed by atoms with Crippen molar-refractivity contribution in [2.45, 2.75) is 0 Å². The average Bonchev–Trinajstić information content (AvgIpc) is 2.63. The molecule has 0 radical (unpaired) electrons. The Morgan fingerprint density at radius 2 is 1.79 bits per heavy atom. The predicted octanol–water partition coefficient (Wildman–Crippen LogP) is 4.06. The molecule has 0 aliphatic heterocycles. The number of rotatable bonds is 4. The number of hydrogen-bond donors (Lipinski definition) is 2. The van der Waals surface area contributed by atoms with Crippen molar-refractivity contribution in [3.8, 4) is 22.6 Å². The normalized spacial score (nSPS) is 10.8. The summed E-state index contributed by atoms with van der Waals surface area (Å²) in [5, 5.41) is 18.8. The summed E-state index contributed by atoms with van der Waals surface area (Å²) in [5.41, 5.74) is 2.88. The summed E-state index contributed by atoms with van der Waals surface area (Å²) in [6.45, 7) is 0. The van der Waals surface area contributed by atoms with Crippen molar-refractivity contribution >= 4 is 11.9 Å². The van der Waals surface area contributed by atoms with Gasteiger partial charge in [-0.15, -0.1) is 0 Å². The predicted molar refractivity (Wildman–Crippen MR) is 92.8 cm³/mol. The van der Waals surface area contributed by atoms with Crippen molar-refractivity contribution in [3.63, 3.8) is 0 Å². The lowest BCUT2D eigenvalue weighted by Gasteiger charge is -2.06. The van der Waals surface area contributed by atoms with E-state index in [1.54, 1.807) is 30.6 Å². The highest BCUT2D eigenvalue weighted by Crippen LogP contribution is 2.26. The number of allylic oxidation sites excluding steroid dienone is 1. The number of pyridine rings is 1. The molecule has 1 heterocycles. The van der Waals surface area contributed by atoms with Gasteiger partial charge in [-0.05, 0) is 35.4 Å². The molecule has 0 saturated heterocycles. The minimum Gasteiger partial charge on any atom is -0.504 e. The molecule has 4 nitrogen and oxygen atoms in total. The van der Waals surface area contributed by atoms with E-state index in [0.717, 1.165) is 11.1 Å². The van der Waals surface area contributed by atoms with Gasteiger partial charge in [0.25, 0.3) is 0 Å². The Morgan fingerprint density at radius 3 is 2.54 bits per heavy atom. The Bertz CT molecular complexity index is 902. The zero-order chi connectivity index (χ0) is 16.9. The first-order valence-corrected chi connectivity index (χ1v) is 7.39. The van der Waals surface area contributed by atoms with E-state index in [2.05, 4.69) is 4.98 Å². The molecule has 0 spiro atoms. The lowest BCUT2D eigenvalue weighted by atomic mass is 9.98. The van der Waals surface area contributed by atoms with Gasteiger partial charge in [-0.1, -0.05) is 42.5 Å². The standard InChI is InChI=1S/C20H15NO3/c22-18(9-7-14-8-10-19(23)20(24)12-14)17-6-2-1-5-16(17)15-4-3-11-21-13-15/h1-13,23-24H/b9-7+. The van der Waals surface area contributed by atoms with Gasteiger partial charge in [-0.25, -0.2) is 0 Å². The second-order valence-corrected chi connectivity index (χ2v) is 5.23. The highest BCUT2D eigenvalue weighted by Gasteiger charge is 2.10. The molecule has 0 amide bonds. The van der Waals surface area contributed by atoms with E-state index in [9.17, 15) is 15.0 Å². The zero-order valence-corrected chi connectivity index (χ0v) is 12.8. The van der Waals surface area contributed by atoms with E-state index >= 15 is 0 Å². The molecule has 0 aliphatic rings. The van der Waals surface area contributed by atoms with Crippen LogP contribution in [0.1, 0.15) is 15.9 Å². The fraction of sp³-hybridized carbons (Fsp3) is 0. The van der Waals surface area contributed by atoms with Gasteiger partial charge in [0.05, 0.1) is 0 Å². The molecule has 0 aliphatic carbocycles. The van der Waals surface area contributed by atoms with E-state index in [1.807, 2.05) is 30.3 Å². The molecule has 4 heteroatoms. The molecule has 2 aromatic carbocycles. The lowest BCUT2D eigenvalue weighted by molar-refractivity contribution is 0.104. The quantitative estimate of drug-likeness (QED) is 0.432. The maximum absolute atomic E-state index is 12.5. The molecular formula is C20H15NO3. The van der Waals surface area contributed by atoms with Gasteiger partial charge in [0.2, 0.25) is 0 Å². The fourth-order valence-corrected chi connectivity index (χ4v) is 2.38. The summed E-state index contributed by atoms with van der Waals surface area (Å²) in [6.07, 6.45) is 6.45. The second kappa shape index (κ2) is 6.79. The number of aromatic hydroxyl groups is 2. The highest BCUT2D eigenvalue weighted by atomic mass is 16.3. The first-order chi connectivity index (χ1) is 11.6. The molecule has 2 N–H and O–H groups in total. The van der Waals surface area contributed by atoms with Crippen LogP contribution in [0.4, 0.5) is 0 Å². The van der Waals surface area contributed by atoms with Gasteiger partial charge in [-0.2, -0.15) is 0 Å². The molecular weight excluding hydrogens is 302 g/mol. The summed E-state index contributed by atoms with van der Waals surface area (Å²) in [5.74, 6) is -0.567. The second-order valence-electron chi connectivity index (χ2n) is 5.23. The highest BCUT2D eigenvalue weighted by molar-refractivity contribution is 6.10. The van der Waals surface area contributed by atoms with Crippen LogP contribution in [0.15, 0.2) is 73.1 Å². The van der Waals surface area contributed by atoms with Gasteiger partial charge >= 0.3 is 0 Å². The summed E-state index contributed by atoms with van der Waals surface area (Å²) in [6, 6.07) is 15.5. The Hall–Kier alpha value is -3.40. The largest absolute Gasteiger partial charge is 0.504 e. The third kappa shape index (κ3) is 3.33. The zero-order valence-electron chi connectivity index (χ0n) is 12.8. The number of nitrogens with zero attached hydrogens (tertiary/aromatic N) is 1. The van der Waals surface area contributed by atoms with Gasteiger partial charge in [-0.3, -0.25) is 9.78 Å². The molecule has 0 saturated carbocycles. The van der Waals surface area contributed by atoms with Crippen LogP contribution in [-0.4, -0.2) is 21.0 Å². The monoisotopic (exact) mass is 317 g/mol. The Morgan fingerprint density at radius 1 is 0.958 bits per heavy atom. The molecule has 3 rings (SSSR count). The third-order valence-electron chi connectivity index (χ3n) is 3.59. The van der Waals surface area contributed by atoms with Gasteiger partial charge in [0.15, 0.2) is 17.3 Å². The van der Waals surface area contributed by atoms with Crippen LogP contribution in [0, 0.1) is 0 Å². The molecule has 0 bridgehead atoms. The summed E-state index contributed by atoms with van der Waals surface area (Å²) < 4.78 is 0. The maximum atomic E-state index is 12.5. The number of hydrogen-bond acceptors (Lipinski definition) is 4. The molecule has 0 atom stereocenters. The lowest BCUT2D eigenvalue weighted by Crippen LogP contribution is -1.97. The van der Waals surface area contributed by atoms with Gasteiger partial charge in [0, 0.05) is 23.5 Å². The van der Waals surface area contributed by atoms with Crippen molar-refractivity contribution in [1.29, 1.82) is 0 Å². The van der Waals surface area contributed by atoms with Crippen molar-refractivity contribution in [2.24, 2.45) is 0 Å². The van der Waals surface area contributed by atoms with Crippen LogP contribution in [0.2, 0.25) is 0 Å². The van der Waals surface area contributed by atoms with Crippen molar-refractivity contribution in [3.05, 3.63) is 84.2 Å². The minimum atomic E-state index is -0.222. The Kier molecular flexibility index (Phi) is 4.38. The first kappa shape index (κ1) is 15.5. The molecule has 24 heavy (non-hydrogen) atoms. The van der Waals surface area contributed by atoms with Crippen LogP contribution in [0.3, 0.4) is 0 Å². The molecule has 3 aromatic rings. The number of carbonyl (C=O) groups excluding carboxylic acids is 1. The number of phenolic OH excluding ortho intramolecular Hbond substituents is 2. The molecule has 1 aromatic heterocycles. The van der Waals surface area contributed by atoms with Crippen molar-refractivity contribution < 1.29 is 15.0 Å². The van der Waals surface area contributed by atoms with Crippen molar-refractivity contribution in [2.75, 3.05) is 0 Å². The van der Waals surface area contributed by atoms with E-state index in [-0.39, 0.29) is 17.3 Å². The van der Waals surface area contributed by atoms with E-state index in [0.29, 0.717) is 11.1 Å². The van der Waals surface area contributed by atoms with Gasteiger partial charge in [0.1, 0.15) is 0 Å². The molecule has 0 unspecified atom stereocenters. The van der Waals surface area contributed by atoms with Gasteiger partial charge < -0.3 is 10.2 Å². The summed E-state index contributed by atoms with van der Waals surface area (Å²) in [4.78, 5) is 16.6. The molecule has 118 valence electrons. The van der Waals surface area contributed by atoms with Crippen LogP contribution < -0.4 is 0 Å². The SMILES string of the molecule is O=C(/C=C/c1ccc(O)c(O)c1)c1ccccc1-c1cccnc1. The molecule has 0 fully saturated rings. The fourth-order valence-electron chi connectivity index (χ4n) is 2.38. The van der Waals surface area contributed by atoms with E-state index in [1.165, 1.54) is 18.2 Å². The third-order valence-corrected chi connectivity index (χ3v) is 3.59. The average molecular weight is 317 g/mol. The van der Waals surface area contributed by atoms with Crippen LogP contribution >= 0.6 is 0 Å². The minimum absolute atomic E-state index is 0.151. The smallest absolute Gasteiger partial charge is 0.186 e. The summed E-state index contributed by atoms with van der Waals surface area (Å²) >= 11 is 0. The van der Waals surface area contributed by atoms with Crippen LogP contribution in [0.5, 0.6) is 11.5 Å². The number of aromatic nitrogens is 1. The number of ketones is 1. The first-order valence-electron chi connectivity index (χ1n) is 7.39.